The number of hydrogen-bond acceptors (Lipinski definition) is 3. The third-order valence-electron chi connectivity index (χ3n) is 3.60. The van der Waals surface area contributed by atoms with Gasteiger partial charge in [-0.1, -0.05) is 42.5 Å². The van der Waals surface area contributed by atoms with E-state index in [-0.39, 0.29) is 18.2 Å². The topological polar surface area (TPSA) is 29.5 Å². The molecule has 2 aromatic rings. The third kappa shape index (κ3) is 5.84. The van der Waals surface area contributed by atoms with E-state index in [9.17, 15) is 4.79 Å². The molecule has 0 saturated heterocycles. The lowest BCUT2D eigenvalue weighted by Crippen LogP contribution is -2.17. The number of carbonyl (C=O) groups excluding carboxylic acids is 1. The molecule has 3 nitrogen and oxygen atoms in total. The Morgan fingerprint density at radius 3 is 2.21 bits per heavy atom. The number of Topliss-reactive ketones (excluding diaryl/α,β-unsaturated/α-hetero) is 1. The van der Waals surface area contributed by atoms with Gasteiger partial charge in [0.1, 0.15) is 5.75 Å². The molecule has 0 amide bonds. The average Bonchev–Trinajstić information content (AvgIpc) is 2.59. The molecule has 0 aliphatic rings. The monoisotopic (exact) mass is 345 g/mol. The molecule has 0 heterocycles. The Morgan fingerprint density at radius 2 is 1.67 bits per heavy atom. The lowest BCUT2D eigenvalue weighted by Gasteiger charge is -2.11. The summed E-state index contributed by atoms with van der Waals surface area (Å²) < 4.78 is 5.18. The van der Waals surface area contributed by atoms with Crippen molar-refractivity contribution in [3.05, 3.63) is 65.7 Å². The SMILES string of the molecule is COc1ccc(/C=C(\C(=O)CCN(C)C)c2ccccc2)cc1.Cl. The Labute approximate surface area is 150 Å². The van der Waals surface area contributed by atoms with E-state index >= 15 is 0 Å². The molecule has 0 bridgehead atoms. The molecule has 0 aromatic heterocycles. The number of allylic oxidation sites excluding steroid dienone is 1. The van der Waals surface area contributed by atoms with Crippen LogP contribution in [0.5, 0.6) is 5.75 Å². The van der Waals surface area contributed by atoms with Crippen LogP contribution < -0.4 is 4.74 Å². The number of benzene rings is 2. The number of rotatable bonds is 7. The van der Waals surface area contributed by atoms with Gasteiger partial charge in [0.05, 0.1) is 7.11 Å². The van der Waals surface area contributed by atoms with Gasteiger partial charge in [0.25, 0.3) is 0 Å². The Balaban J connectivity index is 0.00000288. The molecule has 0 radical (unpaired) electrons. The van der Waals surface area contributed by atoms with E-state index in [2.05, 4.69) is 0 Å². The van der Waals surface area contributed by atoms with E-state index in [1.54, 1.807) is 7.11 Å². The molecule has 0 spiro atoms. The van der Waals surface area contributed by atoms with E-state index in [0.29, 0.717) is 6.42 Å². The first-order valence-electron chi connectivity index (χ1n) is 7.69. The number of methoxy groups -OCH3 is 1. The Hall–Kier alpha value is -2.10. The fraction of sp³-hybridized carbons (Fsp3) is 0.250. The van der Waals surface area contributed by atoms with Crippen LogP contribution in [0.3, 0.4) is 0 Å². The maximum atomic E-state index is 12.7. The van der Waals surface area contributed by atoms with E-state index in [0.717, 1.165) is 29.0 Å². The largest absolute Gasteiger partial charge is 0.497 e. The zero-order chi connectivity index (χ0) is 16.7. The molecule has 2 rings (SSSR count). The van der Waals surface area contributed by atoms with Gasteiger partial charge >= 0.3 is 0 Å². The zero-order valence-electron chi connectivity index (χ0n) is 14.4. The molecule has 4 heteroatoms. The van der Waals surface area contributed by atoms with Crippen molar-refractivity contribution in [1.29, 1.82) is 0 Å². The Kier molecular flexibility index (Phi) is 8.24. The van der Waals surface area contributed by atoms with Gasteiger partial charge in [-0.3, -0.25) is 4.79 Å². The fourth-order valence-corrected chi connectivity index (χ4v) is 2.27. The summed E-state index contributed by atoms with van der Waals surface area (Å²) in [5.41, 5.74) is 2.69. The first-order valence-corrected chi connectivity index (χ1v) is 7.69. The van der Waals surface area contributed by atoms with Crippen molar-refractivity contribution >= 4 is 29.8 Å². The predicted molar refractivity (Wildman–Crippen MR) is 103 cm³/mol. The van der Waals surface area contributed by atoms with E-state index < -0.39 is 0 Å². The van der Waals surface area contributed by atoms with Gasteiger partial charge in [0.15, 0.2) is 5.78 Å². The summed E-state index contributed by atoms with van der Waals surface area (Å²) in [6.45, 7) is 0.742. The lowest BCUT2D eigenvalue weighted by molar-refractivity contribution is -0.113. The van der Waals surface area contributed by atoms with Gasteiger partial charge < -0.3 is 9.64 Å². The third-order valence-corrected chi connectivity index (χ3v) is 3.60. The van der Waals surface area contributed by atoms with Crippen molar-refractivity contribution in [2.24, 2.45) is 0 Å². The Morgan fingerprint density at radius 1 is 1.04 bits per heavy atom. The highest BCUT2D eigenvalue weighted by molar-refractivity contribution is 6.25. The summed E-state index contributed by atoms with van der Waals surface area (Å²) in [6, 6.07) is 17.5. The van der Waals surface area contributed by atoms with Crippen LogP contribution in [0.25, 0.3) is 11.6 Å². The van der Waals surface area contributed by atoms with Gasteiger partial charge in [0, 0.05) is 18.5 Å². The van der Waals surface area contributed by atoms with Crippen molar-refractivity contribution in [1.82, 2.24) is 4.90 Å². The second-order valence-electron chi connectivity index (χ2n) is 5.67. The van der Waals surface area contributed by atoms with Crippen molar-refractivity contribution in [3.63, 3.8) is 0 Å². The van der Waals surface area contributed by atoms with Crippen LogP contribution in [0, 0.1) is 0 Å². The number of nitrogens with zero attached hydrogens (tertiary/aromatic N) is 1. The van der Waals surface area contributed by atoms with Crippen LogP contribution in [-0.4, -0.2) is 38.4 Å². The normalized spacial score (nSPS) is 11.1. The molecule has 2 aromatic carbocycles. The number of ketones is 1. The van der Waals surface area contributed by atoms with Gasteiger partial charge in [-0.25, -0.2) is 0 Å². The summed E-state index contributed by atoms with van der Waals surface area (Å²) in [5.74, 6) is 0.961. The van der Waals surface area contributed by atoms with E-state index in [1.807, 2.05) is 79.7 Å². The smallest absolute Gasteiger partial charge is 0.164 e. The molecule has 0 aliphatic heterocycles. The first-order chi connectivity index (χ1) is 11.1. The molecule has 0 N–H and O–H groups in total. The second-order valence-corrected chi connectivity index (χ2v) is 5.67. The predicted octanol–water partition coefficient (Wildman–Crippen LogP) is 4.18. The van der Waals surface area contributed by atoms with E-state index in [1.165, 1.54) is 0 Å². The molecule has 0 unspecified atom stereocenters. The summed E-state index contributed by atoms with van der Waals surface area (Å²) >= 11 is 0. The number of hydrogen-bond donors (Lipinski definition) is 0. The molecule has 0 fully saturated rings. The van der Waals surface area contributed by atoms with Gasteiger partial charge in [0.2, 0.25) is 0 Å². The minimum Gasteiger partial charge on any atom is -0.497 e. The zero-order valence-corrected chi connectivity index (χ0v) is 15.2. The highest BCUT2D eigenvalue weighted by Crippen LogP contribution is 2.22. The molecular weight excluding hydrogens is 322 g/mol. The van der Waals surface area contributed by atoms with Crippen molar-refractivity contribution in [3.8, 4) is 5.75 Å². The summed E-state index contributed by atoms with van der Waals surface area (Å²) in [4.78, 5) is 14.7. The maximum absolute atomic E-state index is 12.7. The maximum Gasteiger partial charge on any atom is 0.164 e. The first kappa shape index (κ1) is 19.9. The minimum atomic E-state index is 0. The number of halogens is 1. The van der Waals surface area contributed by atoms with Crippen LogP contribution in [0.1, 0.15) is 17.5 Å². The van der Waals surface area contributed by atoms with Crippen LogP contribution >= 0.6 is 12.4 Å². The highest BCUT2D eigenvalue weighted by Gasteiger charge is 2.12. The number of ether oxygens (including phenoxy) is 1. The van der Waals surface area contributed by atoms with Gasteiger partial charge in [-0.05, 0) is 43.4 Å². The van der Waals surface area contributed by atoms with Crippen LogP contribution in [0.2, 0.25) is 0 Å². The molecule has 24 heavy (non-hydrogen) atoms. The molecule has 0 aliphatic carbocycles. The summed E-state index contributed by atoms with van der Waals surface area (Å²) in [5, 5.41) is 0. The van der Waals surface area contributed by atoms with Gasteiger partial charge in [-0.2, -0.15) is 0 Å². The van der Waals surface area contributed by atoms with Crippen LogP contribution in [0.15, 0.2) is 54.6 Å². The van der Waals surface area contributed by atoms with Crippen molar-refractivity contribution in [2.45, 2.75) is 6.42 Å². The summed E-state index contributed by atoms with van der Waals surface area (Å²) in [6.07, 6.45) is 2.46. The summed E-state index contributed by atoms with van der Waals surface area (Å²) in [7, 11) is 5.59. The molecule has 0 atom stereocenters. The second kappa shape index (κ2) is 9.91. The number of carbonyl (C=O) groups is 1. The van der Waals surface area contributed by atoms with Crippen molar-refractivity contribution < 1.29 is 9.53 Å². The van der Waals surface area contributed by atoms with E-state index in [4.69, 9.17) is 4.74 Å². The Bertz CT molecular complexity index is 664. The quantitative estimate of drug-likeness (QED) is 0.557. The van der Waals surface area contributed by atoms with Crippen LogP contribution in [0.4, 0.5) is 0 Å². The van der Waals surface area contributed by atoms with Crippen molar-refractivity contribution in [2.75, 3.05) is 27.7 Å². The fourth-order valence-electron chi connectivity index (χ4n) is 2.27. The van der Waals surface area contributed by atoms with Gasteiger partial charge in [-0.15, -0.1) is 12.4 Å². The van der Waals surface area contributed by atoms with Crippen LogP contribution in [-0.2, 0) is 4.79 Å². The minimum absolute atomic E-state index is 0. The lowest BCUT2D eigenvalue weighted by atomic mass is 9.97. The average molecular weight is 346 g/mol. The molecule has 128 valence electrons. The molecule has 0 saturated carbocycles. The highest BCUT2D eigenvalue weighted by atomic mass is 35.5. The molecular formula is C20H24ClNO2. The standard InChI is InChI=1S/C20H23NO2.ClH/c1-21(2)14-13-20(22)19(17-7-5-4-6-8-17)15-16-9-11-18(23-3)12-10-16;/h4-12,15H,13-14H2,1-3H3;1H/b19-15-;.